The summed E-state index contributed by atoms with van der Waals surface area (Å²) < 4.78 is 29.9. The van der Waals surface area contributed by atoms with Crippen molar-refractivity contribution < 1.29 is 8.42 Å². The summed E-state index contributed by atoms with van der Waals surface area (Å²) in [5.41, 5.74) is 4.26. The van der Waals surface area contributed by atoms with Gasteiger partial charge in [-0.1, -0.05) is 25.3 Å². The smallest absolute Gasteiger partial charge is 0.216 e. The Balaban J connectivity index is 1.24. The van der Waals surface area contributed by atoms with E-state index in [1.54, 1.807) is 4.31 Å². The van der Waals surface area contributed by atoms with Crippen LogP contribution >= 0.6 is 0 Å². The molecule has 7 nitrogen and oxygen atoms in total. The van der Waals surface area contributed by atoms with Gasteiger partial charge in [-0.3, -0.25) is 5.10 Å². The highest BCUT2D eigenvalue weighted by atomic mass is 32.2. The minimum atomic E-state index is -3.13. The van der Waals surface area contributed by atoms with Gasteiger partial charge in [0.15, 0.2) is 0 Å². The standard InChI is InChI=1S/C22H29N5O2S/c28-30(29,20-4-2-1-3-5-20)27-10-8-17(9-11-27)15-26-16-23-21-12-18(6-7-22(21)26)19-13-24-25-14-19/h6-7,12-14,16-17,20H,1-5,8-11,15H2,(H,24,25). The van der Waals surface area contributed by atoms with Gasteiger partial charge >= 0.3 is 0 Å². The van der Waals surface area contributed by atoms with E-state index in [2.05, 4.69) is 37.9 Å². The van der Waals surface area contributed by atoms with E-state index >= 15 is 0 Å². The van der Waals surface area contributed by atoms with E-state index in [4.69, 9.17) is 0 Å². The number of aromatic amines is 1. The molecule has 0 atom stereocenters. The molecule has 30 heavy (non-hydrogen) atoms. The Labute approximate surface area is 177 Å². The second kappa shape index (κ2) is 8.15. The molecule has 2 aromatic heterocycles. The number of sulfonamides is 1. The van der Waals surface area contributed by atoms with E-state index in [-0.39, 0.29) is 5.25 Å². The van der Waals surface area contributed by atoms with Crippen molar-refractivity contribution in [1.29, 1.82) is 0 Å². The first-order valence-corrected chi connectivity index (χ1v) is 12.5. The van der Waals surface area contributed by atoms with Crippen LogP contribution in [0.3, 0.4) is 0 Å². The van der Waals surface area contributed by atoms with Crippen molar-refractivity contribution in [1.82, 2.24) is 24.1 Å². The summed E-state index contributed by atoms with van der Waals surface area (Å²) in [5.74, 6) is 0.480. The molecule has 0 bridgehead atoms. The zero-order chi connectivity index (χ0) is 20.6. The van der Waals surface area contributed by atoms with Gasteiger partial charge in [0.2, 0.25) is 10.0 Å². The normalized spacial score (nSPS) is 20.1. The van der Waals surface area contributed by atoms with Gasteiger partial charge in [0.05, 0.1) is 28.8 Å². The van der Waals surface area contributed by atoms with E-state index in [0.717, 1.165) is 67.2 Å². The molecular formula is C22H29N5O2S. The molecule has 8 heteroatoms. The third-order valence-electron chi connectivity index (χ3n) is 6.81. The molecule has 3 aromatic rings. The van der Waals surface area contributed by atoms with Crippen molar-refractivity contribution in [3.63, 3.8) is 0 Å². The maximum Gasteiger partial charge on any atom is 0.216 e. The minimum Gasteiger partial charge on any atom is -0.330 e. The van der Waals surface area contributed by atoms with Crippen LogP contribution in [0.4, 0.5) is 0 Å². The number of hydrogen-bond acceptors (Lipinski definition) is 4. The van der Waals surface area contributed by atoms with Gasteiger partial charge in [-0.15, -0.1) is 0 Å². The third-order valence-corrected chi connectivity index (χ3v) is 9.21. The predicted molar refractivity (Wildman–Crippen MR) is 117 cm³/mol. The lowest BCUT2D eigenvalue weighted by atomic mass is 9.98. The molecule has 0 spiro atoms. The van der Waals surface area contributed by atoms with Gasteiger partial charge in [0.1, 0.15) is 0 Å². The molecule has 0 radical (unpaired) electrons. The van der Waals surface area contributed by atoms with Crippen LogP contribution in [0.2, 0.25) is 0 Å². The molecule has 1 aliphatic carbocycles. The van der Waals surface area contributed by atoms with E-state index in [0.29, 0.717) is 19.0 Å². The van der Waals surface area contributed by atoms with Crippen LogP contribution in [-0.4, -0.2) is 50.8 Å². The molecule has 3 heterocycles. The van der Waals surface area contributed by atoms with Gasteiger partial charge in [0.25, 0.3) is 0 Å². The fourth-order valence-electron chi connectivity index (χ4n) is 5.00. The van der Waals surface area contributed by atoms with Crippen LogP contribution in [0.15, 0.2) is 36.9 Å². The quantitative estimate of drug-likeness (QED) is 0.671. The first-order valence-electron chi connectivity index (χ1n) is 11.0. The molecule has 5 rings (SSSR count). The van der Waals surface area contributed by atoms with Crippen molar-refractivity contribution in [3.8, 4) is 11.1 Å². The van der Waals surface area contributed by atoms with E-state index < -0.39 is 10.0 Å². The Hall–Kier alpha value is -2.19. The Morgan fingerprint density at radius 3 is 2.57 bits per heavy atom. The number of piperidine rings is 1. The van der Waals surface area contributed by atoms with Gasteiger partial charge in [0, 0.05) is 31.4 Å². The Morgan fingerprint density at radius 2 is 1.83 bits per heavy atom. The van der Waals surface area contributed by atoms with Gasteiger partial charge in [-0.2, -0.15) is 5.10 Å². The molecule has 0 unspecified atom stereocenters. The molecular weight excluding hydrogens is 398 g/mol. The first kappa shape index (κ1) is 19.8. The Morgan fingerprint density at radius 1 is 1.03 bits per heavy atom. The lowest BCUT2D eigenvalue weighted by molar-refractivity contribution is 0.250. The fourth-order valence-corrected chi connectivity index (χ4v) is 7.07. The summed E-state index contributed by atoms with van der Waals surface area (Å²) in [6, 6.07) is 6.31. The van der Waals surface area contributed by atoms with Crippen molar-refractivity contribution in [2.45, 2.75) is 56.7 Å². The number of rotatable bonds is 5. The second-order valence-electron chi connectivity index (χ2n) is 8.73. The number of aromatic nitrogens is 4. The van der Waals surface area contributed by atoms with Crippen LogP contribution in [0.1, 0.15) is 44.9 Å². The number of fused-ring (bicyclic) bond motifs is 1. The molecule has 160 valence electrons. The Kier molecular flexibility index (Phi) is 5.37. The highest BCUT2D eigenvalue weighted by molar-refractivity contribution is 7.89. The molecule has 2 fully saturated rings. The third kappa shape index (κ3) is 3.78. The van der Waals surface area contributed by atoms with E-state index in [9.17, 15) is 8.42 Å². The summed E-state index contributed by atoms with van der Waals surface area (Å²) in [5, 5.41) is 6.72. The molecule has 1 saturated carbocycles. The maximum absolute atomic E-state index is 13.0. The highest BCUT2D eigenvalue weighted by Gasteiger charge is 2.35. The Bertz CT molecular complexity index is 1090. The summed E-state index contributed by atoms with van der Waals surface area (Å²) in [4.78, 5) is 4.60. The largest absolute Gasteiger partial charge is 0.330 e. The van der Waals surface area contributed by atoms with Crippen LogP contribution in [0.5, 0.6) is 0 Å². The van der Waals surface area contributed by atoms with Gasteiger partial charge in [-0.05, 0) is 49.3 Å². The fraction of sp³-hybridized carbons (Fsp3) is 0.545. The summed E-state index contributed by atoms with van der Waals surface area (Å²) in [6.07, 6.45) is 12.4. The molecule has 1 aromatic carbocycles. The molecule has 1 aliphatic heterocycles. The van der Waals surface area contributed by atoms with Crippen molar-refractivity contribution >= 4 is 21.1 Å². The minimum absolute atomic E-state index is 0.148. The SMILES string of the molecule is O=S(=O)(C1CCCCC1)N1CCC(Cn2cnc3cc(-c4cn[nH]c4)ccc32)CC1. The van der Waals surface area contributed by atoms with Crippen molar-refractivity contribution in [2.24, 2.45) is 5.92 Å². The first-order chi connectivity index (χ1) is 14.6. The number of H-pyrrole nitrogens is 1. The van der Waals surface area contributed by atoms with Crippen molar-refractivity contribution in [2.75, 3.05) is 13.1 Å². The second-order valence-corrected chi connectivity index (χ2v) is 10.9. The van der Waals surface area contributed by atoms with E-state index in [1.165, 1.54) is 6.42 Å². The zero-order valence-electron chi connectivity index (χ0n) is 17.2. The summed E-state index contributed by atoms with van der Waals surface area (Å²) >= 11 is 0. The predicted octanol–water partition coefficient (Wildman–Crippen LogP) is 3.80. The van der Waals surface area contributed by atoms with Crippen LogP contribution in [0.25, 0.3) is 22.2 Å². The lowest BCUT2D eigenvalue weighted by Gasteiger charge is -2.35. The van der Waals surface area contributed by atoms with Crippen LogP contribution in [0, 0.1) is 5.92 Å². The average molecular weight is 428 g/mol. The number of nitrogens with zero attached hydrogens (tertiary/aromatic N) is 4. The van der Waals surface area contributed by atoms with Gasteiger partial charge < -0.3 is 4.57 Å². The number of nitrogens with one attached hydrogen (secondary N) is 1. The number of imidazole rings is 1. The molecule has 1 N–H and O–H groups in total. The summed E-state index contributed by atoms with van der Waals surface area (Å²) in [7, 11) is -3.13. The summed E-state index contributed by atoms with van der Waals surface area (Å²) in [6.45, 7) is 2.19. The number of hydrogen-bond donors (Lipinski definition) is 1. The highest BCUT2D eigenvalue weighted by Crippen LogP contribution is 2.30. The van der Waals surface area contributed by atoms with Crippen LogP contribution < -0.4 is 0 Å². The van der Waals surface area contributed by atoms with Gasteiger partial charge in [-0.25, -0.2) is 17.7 Å². The van der Waals surface area contributed by atoms with E-state index in [1.807, 2.05) is 18.7 Å². The van der Waals surface area contributed by atoms with Crippen molar-refractivity contribution in [3.05, 3.63) is 36.9 Å². The van der Waals surface area contributed by atoms with Crippen LogP contribution in [-0.2, 0) is 16.6 Å². The molecule has 0 amide bonds. The maximum atomic E-state index is 13.0. The average Bonchev–Trinajstić information content (AvgIpc) is 3.45. The number of benzene rings is 1. The molecule has 2 aliphatic rings. The molecule has 1 saturated heterocycles. The lowest BCUT2D eigenvalue weighted by Crippen LogP contribution is -2.44. The monoisotopic (exact) mass is 427 g/mol. The topological polar surface area (TPSA) is 83.9 Å². The zero-order valence-corrected chi connectivity index (χ0v) is 18.0.